The van der Waals surface area contributed by atoms with Gasteiger partial charge < -0.3 is 30.3 Å². The molecule has 0 aromatic rings. The molecule has 0 aliphatic heterocycles. The molecule has 0 amide bonds. The van der Waals surface area contributed by atoms with Crippen molar-refractivity contribution >= 4 is 5.97 Å². The Morgan fingerprint density at radius 3 is 1.72 bits per heavy atom. The SMILES string of the molecule is CC(C)(C(=O)[O-])N(C(O)CCO)C(O)CCO.[Na+]. The normalized spacial score (nSPS) is 15.1. The predicted octanol–water partition coefficient (Wildman–Crippen LogP) is -5.78. The molecule has 0 aliphatic carbocycles. The van der Waals surface area contributed by atoms with Gasteiger partial charge in [0.1, 0.15) is 12.5 Å². The Hall–Kier alpha value is 0.270. The standard InChI is InChI=1S/C10H21NO6.Na/c1-10(2,9(16)17)11(7(14)3-5-12)8(15)4-6-13;/h7-8,12-15H,3-6H2,1-2H3,(H,16,17);/q;+1/p-1. The molecule has 0 heterocycles. The van der Waals surface area contributed by atoms with E-state index in [4.69, 9.17) is 10.2 Å². The van der Waals surface area contributed by atoms with Crippen LogP contribution in [-0.4, -0.2) is 62.5 Å². The van der Waals surface area contributed by atoms with Gasteiger partial charge in [-0.15, -0.1) is 0 Å². The zero-order chi connectivity index (χ0) is 13.6. The fourth-order valence-electron chi connectivity index (χ4n) is 1.56. The van der Waals surface area contributed by atoms with E-state index in [1.165, 1.54) is 13.8 Å². The van der Waals surface area contributed by atoms with Crippen molar-refractivity contribution in [2.45, 2.75) is 44.7 Å². The molecule has 0 aromatic carbocycles. The van der Waals surface area contributed by atoms with Crippen LogP contribution in [-0.2, 0) is 4.79 Å². The summed E-state index contributed by atoms with van der Waals surface area (Å²) < 4.78 is 0. The number of hydrogen-bond acceptors (Lipinski definition) is 7. The molecule has 0 spiro atoms. The van der Waals surface area contributed by atoms with Crippen molar-refractivity contribution in [3.8, 4) is 0 Å². The minimum atomic E-state index is -1.62. The van der Waals surface area contributed by atoms with E-state index in [0.29, 0.717) is 0 Å². The maximum Gasteiger partial charge on any atom is 1.00 e. The van der Waals surface area contributed by atoms with Crippen LogP contribution >= 0.6 is 0 Å². The van der Waals surface area contributed by atoms with Crippen molar-refractivity contribution in [2.24, 2.45) is 0 Å². The molecule has 2 atom stereocenters. The number of aliphatic carboxylic acids is 1. The minimum Gasteiger partial charge on any atom is -0.548 e. The van der Waals surface area contributed by atoms with E-state index < -0.39 is 24.0 Å². The number of hydrogen-bond donors (Lipinski definition) is 4. The van der Waals surface area contributed by atoms with Crippen LogP contribution in [0.5, 0.6) is 0 Å². The second-order valence-electron chi connectivity index (χ2n) is 4.24. The minimum absolute atomic E-state index is 0. The summed E-state index contributed by atoms with van der Waals surface area (Å²) in [5.74, 6) is -1.47. The molecule has 2 unspecified atom stereocenters. The first kappa shape index (κ1) is 20.6. The van der Waals surface area contributed by atoms with Gasteiger partial charge in [-0.3, -0.25) is 0 Å². The van der Waals surface area contributed by atoms with E-state index in [1.807, 2.05) is 0 Å². The van der Waals surface area contributed by atoms with Crippen molar-refractivity contribution < 1.29 is 59.9 Å². The summed E-state index contributed by atoms with van der Waals surface area (Å²) in [6.45, 7) is 1.83. The van der Waals surface area contributed by atoms with E-state index >= 15 is 0 Å². The number of carboxylic acid groups (broad SMARTS) is 1. The van der Waals surface area contributed by atoms with Crippen LogP contribution in [0, 0.1) is 0 Å². The fourth-order valence-corrected chi connectivity index (χ4v) is 1.56. The number of carboxylic acids is 1. The van der Waals surface area contributed by atoms with E-state index in [-0.39, 0.29) is 55.6 Å². The van der Waals surface area contributed by atoms with Crippen LogP contribution in [0.25, 0.3) is 0 Å². The van der Waals surface area contributed by atoms with Crippen LogP contribution in [0.1, 0.15) is 26.7 Å². The Bertz CT molecular complexity index is 239. The Morgan fingerprint density at radius 2 is 1.50 bits per heavy atom. The van der Waals surface area contributed by atoms with Crippen molar-refractivity contribution in [2.75, 3.05) is 13.2 Å². The van der Waals surface area contributed by atoms with Crippen LogP contribution in [0.4, 0.5) is 0 Å². The third-order valence-corrected chi connectivity index (χ3v) is 2.56. The van der Waals surface area contributed by atoms with Gasteiger partial charge in [-0.1, -0.05) is 0 Å². The zero-order valence-electron chi connectivity index (χ0n) is 11.0. The first-order valence-corrected chi connectivity index (χ1v) is 5.36. The molecule has 7 nitrogen and oxygen atoms in total. The molecule has 0 aliphatic rings. The molecule has 0 aromatic heterocycles. The smallest absolute Gasteiger partial charge is 0.548 e. The molecule has 0 rings (SSSR count). The van der Waals surface area contributed by atoms with E-state index in [9.17, 15) is 20.1 Å². The van der Waals surface area contributed by atoms with Gasteiger partial charge in [0.05, 0.1) is 11.5 Å². The quantitative estimate of drug-likeness (QED) is 0.256. The first-order chi connectivity index (χ1) is 7.78. The predicted molar refractivity (Wildman–Crippen MR) is 56.3 cm³/mol. The van der Waals surface area contributed by atoms with Crippen LogP contribution in [0.15, 0.2) is 0 Å². The summed E-state index contributed by atoms with van der Waals surface area (Å²) in [5.41, 5.74) is -1.62. The van der Waals surface area contributed by atoms with Gasteiger partial charge in [0.15, 0.2) is 0 Å². The third-order valence-electron chi connectivity index (χ3n) is 2.56. The molecular formula is C10H20NNaO6. The second kappa shape index (κ2) is 9.22. The molecule has 0 fully saturated rings. The van der Waals surface area contributed by atoms with Gasteiger partial charge in [0.2, 0.25) is 0 Å². The fraction of sp³-hybridized carbons (Fsp3) is 0.900. The summed E-state index contributed by atoms with van der Waals surface area (Å²) in [6.07, 6.45) is -2.90. The van der Waals surface area contributed by atoms with Crippen molar-refractivity contribution in [1.82, 2.24) is 4.90 Å². The van der Waals surface area contributed by atoms with Gasteiger partial charge in [-0.2, -0.15) is 0 Å². The maximum absolute atomic E-state index is 11.0. The molecule has 4 N–H and O–H groups in total. The number of aliphatic hydroxyl groups is 4. The van der Waals surface area contributed by atoms with Gasteiger partial charge in [0.25, 0.3) is 0 Å². The van der Waals surface area contributed by atoms with Crippen molar-refractivity contribution in [3.63, 3.8) is 0 Å². The first-order valence-electron chi connectivity index (χ1n) is 5.36. The molecule has 8 heteroatoms. The second-order valence-corrected chi connectivity index (χ2v) is 4.24. The third kappa shape index (κ3) is 5.50. The Balaban J connectivity index is 0. The summed E-state index contributed by atoms with van der Waals surface area (Å²) in [7, 11) is 0. The van der Waals surface area contributed by atoms with Crippen LogP contribution in [0.3, 0.4) is 0 Å². The van der Waals surface area contributed by atoms with Gasteiger partial charge in [-0.25, -0.2) is 4.90 Å². The van der Waals surface area contributed by atoms with E-state index in [0.717, 1.165) is 4.90 Å². The average molecular weight is 273 g/mol. The van der Waals surface area contributed by atoms with Gasteiger partial charge in [-0.05, 0) is 13.8 Å². The van der Waals surface area contributed by atoms with Crippen molar-refractivity contribution in [3.05, 3.63) is 0 Å². The van der Waals surface area contributed by atoms with Gasteiger partial charge in [0, 0.05) is 26.1 Å². The molecule has 18 heavy (non-hydrogen) atoms. The van der Waals surface area contributed by atoms with Crippen LogP contribution in [0.2, 0.25) is 0 Å². The summed E-state index contributed by atoms with van der Waals surface area (Å²) in [6, 6.07) is 0. The zero-order valence-corrected chi connectivity index (χ0v) is 13.0. The molecule has 0 saturated heterocycles. The van der Waals surface area contributed by atoms with Gasteiger partial charge >= 0.3 is 29.6 Å². The number of rotatable bonds is 8. The summed E-state index contributed by atoms with van der Waals surface area (Å²) in [4.78, 5) is 11.9. The molecule has 0 saturated carbocycles. The van der Waals surface area contributed by atoms with E-state index in [2.05, 4.69) is 0 Å². The largest absolute Gasteiger partial charge is 1.00 e. The molecular weight excluding hydrogens is 253 g/mol. The molecule has 0 bridgehead atoms. The number of nitrogens with zero attached hydrogens (tertiary/aromatic N) is 1. The van der Waals surface area contributed by atoms with Crippen molar-refractivity contribution in [1.29, 1.82) is 0 Å². The average Bonchev–Trinajstić information content (AvgIpc) is 2.17. The van der Waals surface area contributed by atoms with E-state index in [1.54, 1.807) is 0 Å². The summed E-state index contributed by atoms with van der Waals surface area (Å²) in [5, 5.41) is 47.9. The Labute approximate surface area is 128 Å². The Morgan fingerprint density at radius 1 is 1.17 bits per heavy atom. The summed E-state index contributed by atoms with van der Waals surface area (Å²) >= 11 is 0. The molecule has 0 radical (unpaired) electrons. The maximum atomic E-state index is 11.0. The Kier molecular flexibility index (Phi) is 10.5. The number of aliphatic hydroxyl groups excluding tert-OH is 4. The topological polar surface area (TPSA) is 124 Å². The number of carbonyl (C=O) groups is 1. The number of carbonyl (C=O) groups excluding carboxylic acids is 1. The molecule has 102 valence electrons. The van der Waals surface area contributed by atoms with Crippen LogP contribution < -0.4 is 34.7 Å². The monoisotopic (exact) mass is 273 g/mol.